The molecule has 0 amide bonds. The molecule has 0 aliphatic rings. The van der Waals surface area contributed by atoms with Crippen molar-refractivity contribution in [3.8, 4) is 0 Å². The highest BCUT2D eigenvalue weighted by Gasteiger charge is 2.23. The van der Waals surface area contributed by atoms with Crippen molar-refractivity contribution in [3.05, 3.63) is 28.5 Å². The normalized spacial score (nSPS) is 13.9. The van der Waals surface area contributed by atoms with E-state index in [1.54, 1.807) is 0 Å². The summed E-state index contributed by atoms with van der Waals surface area (Å²) in [6.07, 6.45) is 1.91. The second-order valence-electron chi connectivity index (χ2n) is 6.49. The number of nitrogens with two attached hydrogens (primary N) is 1. The maximum atomic E-state index is 6.34. The zero-order valence-electron chi connectivity index (χ0n) is 12.8. The number of imidazole rings is 1. The molecule has 3 nitrogen and oxygen atoms in total. The number of rotatable bonds is 4. The van der Waals surface area contributed by atoms with Crippen molar-refractivity contribution < 1.29 is 0 Å². The molecule has 2 rings (SSSR count). The Hall–Kier alpha value is -0.870. The van der Waals surface area contributed by atoms with Gasteiger partial charge in [0.25, 0.3) is 0 Å². The highest BCUT2D eigenvalue weighted by atomic mass is 79.9. The van der Waals surface area contributed by atoms with Crippen LogP contribution in [0.1, 0.15) is 39.9 Å². The van der Waals surface area contributed by atoms with Crippen molar-refractivity contribution in [1.29, 1.82) is 0 Å². The van der Waals surface area contributed by atoms with Crippen LogP contribution in [0.3, 0.4) is 0 Å². The Balaban J connectivity index is 2.43. The summed E-state index contributed by atoms with van der Waals surface area (Å²) in [5, 5.41) is 0. The van der Waals surface area contributed by atoms with E-state index < -0.39 is 0 Å². The summed E-state index contributed by atoms with van der Waals surface area (Å²) in [5.74, 6) is 1.10. The molecule has 110 valence electrons. The second kappa shape index (κ2) is 5.86. The molecule has 0 aliphatic heterocycles. The summed E-state index contributed by atoms with van der Waals surface area (Å²) < 4.78 is 3.38. The summed E-state index contributed by atoms with van der Waals surface area (Å²) in [6.45, 7) is 9.73. The summed E-state index contributed by atoms with van der Waals surface area (Å²) in [5.41, 5.74) is 8.68. The highest BCUT2D eigenvalue weighted by Crippen LogP contribution is 2.25. The maximum Gasteiger partial charge on any atom is 0.111 e. The molecule has 0 fully saturated rings. The largest absolute Gasteiger partial charge is 0.328 e. The first-order chi connectivity index (χ1) is 9.32. The van der Waals surface area contributed by atoms with Crippen molar-refractivity contribution in [2.24, 2.45) is 11.1 Å². The molecule has 1 unspecified atom stereocenters. The lowest BCUT2D eigenvalue weighted by Crippen LogP contribution is -2.37. The van der Waals surface area contributed by atoms with Crippen LogP contribution in [0.2, 0.25) is 0 Å². The topological polar surface area (TPSA) is 43.8 Å². The van der Waals surface area contributed by atoms with Gasteiger partial charge >= 0.3 is 0 Å². The van der Waals surface area contributed by atoms with Crippen LogP contribution in [-0.4, -0.2) is 15.6 Å². The van der Waals surface area contributed by atoms with Gasteiger partial charge in [0.15, 0.2) is 0 Å². The van der Waals surface area contributed by atoms with Gasteiger partial charge in [-0.15, -0.1) is 0 Å². The van der Waals surface area contributed by atoms with Gasteiger partial charge in [0.1, 0.15) is 5.82 Å². The van der Waals surface area contributed by atoms with E-state index in [1.165, 1.54) is 5.52 Å². The molecular weight excluding hydrogens is 314 g/mol. The van der Waals surface area contributed by atoms with Crippen LogP contribution in [-0.2, 0) is 13.0 Å². The minimum absolute atomic E-state index is 0.0930. The number of aromatic nitrogens is 2. The lowest BCUT2D eigenvalue weighted by molar-refractivity contribution is 0.312. The summed E-state index contributed by atoms with van der Waals surface area (Å²) in [6, 6.07) is 6.39. The van der Waals surface area contributed by atoms with Crippen molar-refractivity contribution in [2.75, 3.05) is 0 Å². The van der Waals surface area contributed by atoms with E-state index >= 15 is 0 Å². The first-order valence-corrected chi connectivity index (χ1v) is 8.02. The Labute approximate surface area is 129 Å². The maximum absolute atomic E-state index is 6.34. The minimum Gasteiger partial charge on any atom is -0.328 e. The van der Waals surface area contributed by atoms with Gasteiger partial charge in [-0.3, -0.25) is 0 Å². The molecule has 20 heavy (non-hydrogen) atoms. The van der Waals surface area contributed by atoms with Crippen molar-refractivity contribution >= 4 is 27.0 Å². The van der Waals surface area contributed by atoms with E-state index in [0.29, 0.717) is 0 Å². The lowest BCUT2D eigenvalue weighted by atomic mass is 9.85. The van der Waals surface area contributed by atoms with Crippen LogP contribution in [0.25, 0.3) is 11.0 Å². The molecule has 1 heterocycles. The van der Waals surface area contributed by atoms with Crippen LogP contribution in [0.15, 0.2) is 22.7 Å². The quantitative estimate of drug-likeness (QED) is 0.911. The molecule has 1 aromatic carbocycles. The summed E-state index contributed by atoms with van der Waals surface area (Å²) in [7, 11) is 0. The van der Waals surface area contributed by atoms with Gasteiger partial charge in [0.05, 0.1) is 11.0 Å². The number of halogens is 1. The Morgan fingerprint density at radius 2 is 2.05 bits per heavy atom. The molecule has 4 heteroatoms. The predicted molar refractivity (Wildman–Crippen MR) is 88.9 cm³/mol. The van der Waals surface area contributed by atoms with Crippen molar-refractivity contribution in [2.45, 2.75) is 53.1 Å². The Morgan fingerprint density at radius 3 is 2.65 bits per heavy atom. The number of hydrogen-bond acceptors (Lipinski definition) is 2. The van der Waals surface area contributed by atoms with E-state index in [9.17, 15) is 0 Å². The molecule has 1 aromatic heterocycles. The molecule has 2 aromatic rings. The van der Waals surface area contributed by atoms with Gasteiger partial charge in [-0.25, -0.2) is 4.98 Å². The molecule has 0 saturated carbocycles. The number of fused-ring (bicyclic) bond motifs is 1. The van der Waals surface area contributed by atoms with Crippen molar-refractivity contribution in [1.82, 2.24) is 9.55 Å². The molecular formula is C16H24BrN3. The zero-order valence-corrected chi connectivity index (χ0v) is 14.4. The molecule has 0 bridgehead atoms. The monoisotopic (exact) mass is 337 g/mol. The Kier molecular flexibility index (Phi) is 4.55. The zero-order chi connectivity index (χ0) is 14.9. The average molecular weight is 338 g/mol. The molecule has 0 radical (unpaired) electrons. The fraction of sp³-hybridized carbons (Fsp3) is 0.562. The summed E-state index contributed by atoms with van der Waals surface area (Å²) in [4.78, 5) is 4.80. The molecule has 2 N–H and O–H groups in total. The fourth-order valence-electron chi connectivity index (χ4n) is 2.28. The van der Waals surface area contributed by atoms with Gasteiger partial charge in [0.2, 0.25) is 0 Å². The third-order valence-electron chi connectivity index (χ3n) is 3.75. The third kappa shape index (κ3) is 3.23. The average Bonchev–Trinajstić information content (AvgIpc) is 2.66. The number of hydrogen-bond donors (Lipinski definition) is 1. The van der Waals surface area contributed by atoms with Gasteiger partial charge in [-0.2, -0.15) is 0 Å². The van der Waals surface area contributed by atoms with E-state index in [1.807, 2.05) is 0 Å². The molecule has 1 atom stereocenters. The Morgan fingerprint density at radius 1 is 1.35 bits per heavy atom. The summed E-state index contributed by atoms with van der Waals surface area (Å²) >= 11 is 3.51. The van der Waals surface area contributed by atoms with E-state index in [0.717, 1.165) is 35.2 Å². The lowest BCUT2D eigenvalue weighted by Gasteiger charge is -2.27. The van der Waals surface area contributed by atoms with Gasteiger partial charge in [-0.1, -0.05) is 43.6 Å². The van der Waals surface area contributed by atoms with Crippen LogP contribution in [0.5, 0.6) is 0 Å². The van der Waals surface area contributed by atoms with Gasteiger partial charge in [-0.05, 0) is 30.0 Å². The molecule has 0 aliphatic carbocycles. The minimum atomic E-state index is 0.0930. The highest BCUT2D eigenvalue weighted by molar-refractivity contribution is 9.10. The Bertz CT molecular complexity index is 596. The van der Waals surface area contributed by atoms with Crippen LogP contribution in [0.4, 0.5) is 0 Å². The number of benzene rings is 1. The van der Waals surface area contributed by atoms with E-state index in [2.05, 4.69) is 66.4 Å². The molecule has 0 spiro atoms. The third-order valence-corrected chi connectivity index (χ3v) is 4.24. The van der Waals surface area contributed by atoms with Gasteiger partial charge in [0, 0.05) is 23.5 Å². The second-order valence-corrected chi connectivity index (χ2v) is 7.41. The predicted octanol–water partition coefficient (Wildman–Crippen LogP) is 4.12. The number of nitrogens with zero attached hydrogens (tertiary/aromatic N) is 2. The first kappa shape index (κ1) is 15.5. The van der Waals surface area contributed by atoms with Gasteiger partial charge < -0.3 is 10.3 Å². The van der Waals surface area contributed by atoms with E-state index in [4.69, 9.17) is 10.7 Å². The van der Waals surface area contributed by atoms with E-state index in [-0.39, 0.29) is 11.5 Å². The smallest absolute Gasteiger partial charge is 0.111 e. The SMILES string of the molecule is CCCn1c(CC(N)C(C)(C)C)nc2cc(Br)ccc21. The van der Waals surface area contributed by atoms with Crippen LogP contribution >= 0.6 is 15.9 Å². The van der Waals surface area contributed by atoms with Crippen LogP contribution in [0, 0.1) is 5.41 Å². The fourth-order valence-corrected chi connectivity index (χ4v) is 2.63. The van der Waals surface area contributed by atoms with Crippen LogP contribution < -0.4 is 5.73 Å². The molecule has 0 saturated heterocycles. The standard InChI is InChI=1S/C16H24BrN3/c1-5-8-20-13-7-6-11(17)9-12(13)19-15(20)10-14(18)16(2,3)4/h6-7,9,14H,5,8,10,18H2,1-4H3. The first-order valence-electron chi connectivity index (χ1n) is 7.23. The van der Waals surface area contributed by atoms with Crippen molar-refractivity contribution in [3.63, 3.8) is 0 Å². The number of aryl methyl sites for hydroxylation is 1.